The van der Waals surface area contributed by atoms with Crippen LogP contribution in [0.25, 0.3) is 0 Å². The summed E-state index contributed by atoms with van der Waals surface area (Å²) in [5.74, 6) is 6.91. The van der Waals surface area contributed by atoms with Gasteiger partial charge in [-0.1, -0.05) is 43.1 Å². The van der Waals surface area contributed by atoms with E-state index in [1.165, 1.54) is 57.8 Å². The van der Waals surface area contributed by atoms with Crippen LogP contribution in [-0.2, 0) is 0 Å². The molecule has 0 aromatic carbocycles. The molecule has 0 saturated heterocycles. The Morgan fingerprint density at radius 3 is 3.00 bits per heavy atom. The monoisotopic (exact) mass is 328 g/mol. The van der Waals surface area contributed by atoms with E-state index < -0.39 is 0 Å². The fourth-order valence-corrected chi connectivity index (χ4v) is 7.08. The molecule has 4 aliphatic rings. The van der Waals surface area contributed by atoms with Gasteiger partial charge in [0.25, 0.3) is 0 Å². The van der Waals surface area contributed by atoms with Crippen molar-refractivity contribution in [2.24, 2.45) is 35.0 Å². The molecule has 4 rings (SSSR count). The fraction of sp³-hybridized carbons (Fsp3) is 0.727. The minimum Gasteiger partial charge on any atom is -0.0995 e. The molecule has 0 bridgehead atoms. The number of hydrogen-bond donors (Lipinski definition) is 0. The minimum atomic E-state index is 0.462. The smallest absolute Gasteiger partial charge is 0.0289 e. The van der Waals surface area contributed by atoms with Crippen molar-refractivity contribution in [3.05, 3.63) is 23.8 Å². The second kappa shape index (κ2) is 6.00. The average Bonchev–Trinajstić information content (AvgIpc) is 2.98. The summed E-state index contributed by atoms with van der Waals surface area (Å²) >= 11 is 5.89. The fourth-order valence-electron chi connectivity index (χ4n) is 6.94. The van der Waals surface area contributed by atoms with Crippen LogP contribution in [0.5, 0.6) is 0 Å². The highest BCUT2D eigenvalue weighted by atomic mass is 35.5. The summed E-state index contributed by atoms with van der Waals surface area (Å²) < 4.78 is 0. The Morgan fingerprint density at radius 2 is 2.22 bits per heavy atom. The Morgan fingerprint density at radius 1 is 1.35 bits per heavy atom. The molecule has 3 fully saturated rings. The highest BCUT2D eigenvalue weighted by Crippen LogP contribution is 2.65. The molecule has 23 heavy (non-hydrogen) atoms. The standard InChI is InChI=1S/C22H29Cl/c1-3-22-11-6-9-19(22)21-17(10-12-23)13-16-7-4-5-8-18(16)20(21)15(2)14-22/h7,17-21H,2-6,8-9,11,13-14H2,1H3/t17-,18+,19+,20-,21+,22+/m1/s1. The topological polar surface area (TPSA) is 0 Å². The quantitative estimate of drug-likeness (QED) is 0.390. The molecule has 0 unspecified atom stereocenters. The minimum absolute atomic E-state index is 0.462. The van der Waals surface area contributed by atoms with E-state index in [-0.39, 0.29) is 0 Å². The summed E-state index contributed by atoms with van der Waals surface area (Å²) in [4.78, 5) is 0. The van der Waals surface area contributed by atoms with Gasteiger partial charge in [0, 0.05) is 11.3 Å². The molecule has 4 aliphatic carbocycles. The maximum absolute atomic E-state index is 5.89. The van der Waals surface area contributed by atoms with Crippen molar-refractivity contribution in [1.82, 2.24) is 0 Å². The lowest BCUT2D eigenvalue weighted by molar-refractivity contribution is 0.00511. The number of hydrogen-bond acceptors (Lipinski definition) is 0. The van der Waals surface area contributed by atoms with Gasteiger partial charge in [-0.15, -0.1) is 0 Å². The van der Waals surface area contributed by atoms with Crippen LogP contribution in [0.1, 0.15) is 64.7 Å². The molecule has 0 aromatic heterocycles. The van der Waals surface area contributed by atoms with Crippen LogP contribution in [0.3, 0.4) is 0 Å². The van der Waals surface area contributed by atoms with Gasteiger partial charge in [0.05, 0.1) is 0 Å². The van der Waals surface area contributed by atoms with Crippen LogP contribution < -0.4 is 0 Å². The third-order valence-corrected chi connectivity index (χ3v) is 7.92. The van der Waals surface area contributed by atoms with E-state index in [0.717, 1.165) is 11.8 Å². The lowest BCUT2D eigenvalue weighted by atomic mass is 9.48. The number of allylic oxidation sites excluding steroid dienone is 3. The molecule has 0 aliphatic heterocycles. The Hall–Kier alpha value is -0.670. The number of fused-ring (bicyclic) bond motifs is 5. The first kappa shape index (κ1) is 15.8. The summed E-state index contributed by atoms with van der Waals surface area (Å²) in [5.41, 5.74) is 3.76. The van der Waals surface area contributed by atoms with Gasteiger partial charge in [0.15, 0.2) is 0 Å². The largest absolute Gasteiger partial charge is 0.0995 e. The molecule has 6 atom stereocenters. The lowest BCUT2D eigenvalue weighted by Crippen LogP contribution is -2.49. The highest BCUT2D eigenvalue weighted by molar-refractivity contribution is 6.30. The lowest BCUT2D eigenvalue weighted by Gasteiger charge is -2.56. The molecule has 0 aromatic rings. The van der Waals surface area contributed by atoms with Crippen molar-refractivity contribution in [3.63, 3.8) is 0 Å². The molecule has 0 radical (unpaired) electrons. The summed E-state index contributed by atoms with van der Waals surface area (Å²) in [6.45, 7) is 7.03. The van der Waals surface area contributed by atoms with Crippen molar-refractivity contribution < 1.29 is 0 Å². The van der Waals surface area contributed by atoms with Crippen LogP contribution >= 0.6 is 11.6 Å². The van der Waals surface area contributed by atoms with Crippen LogP contribution in [0.15, 0.2) is 23.8 Å². The van der Waals surface area contributed by atoms with Crippen molar-refractivity contribution in [3.8, 4) is 11.3 Å². The van der Waals surface area contributed by atoms with Crippen molar-refractivity contribution >= 4 is 11.6 Å². The van der Waals surface area contributed by atoms with Crippen LogP contribution in [0.2, 0.25) is 0 Å². The maximum atomic E-state index is 5.89. The molecule has 0 spiro atoms. The highest BCUT2D eigenvalue weighted by Gasteiger charge is 2.57. The summed E-state index contributed by atoms with van der Waals surface area (Å²) in [6.07, 6.45) is 14.5. The molecular formula is C22H29Cl. The Labute approximate surface area is 146 Å². The van der Waals surface area contributed by atoms with Crippen LogP contribution in [0, 0.1) is 46.3 Å². The van der Waals surface area contributed by atoms with E-state index in [9.17, 15) is 0 Å². The van der Waals surface area contributed by atoms with Crippen molar-refractivity contribution in [2.45, 2.75) is 64.7 Å². The molecular weight excluding hydrogens is 300 g/mol. The zero-order valence-corrected chi connectivity index (χ0v) is 15.2. The second-order valence-corrected chi connectivity index (χ2v) is 8.71. The normalized spacial score (nSPS) is 45.2. The Balaban J connectivity index is 1.78. The SMILES string of the molecule is C=C1C[C@]2(CC)CCC[C@H]2[C@H]2[C@H]1[C@H]1CCCC=C1C[C@H]2C#CCl. The van der Waals surface area contributed by atoms with Gasteiger partial charge in [-0.2, -0.15) is 0 Å². The predicted molar refractivity (Wildman–Crippen MR) is 98.0 cm³/mol. The van der Waals surface area contributed by atoms with E-state index in [1.807, 2.05) is 0 Å². The van der Waals surface area contributed by atoms with E-state index in [0.29, 0.717) is 23.2 Å². The van der Waals surface area contributed by atoms with Gasteiger partial charge in [0.2, 0.25) is 0 Å². The molecule has 0 N–H and O–H groups in total. The molecule has 0 nitrogen and oxygen atoms in total. The summed E-state index contributed by atoms with van der Waals surface area (Å²) in [7, 11) is 0. The zero-order valence-electron chi connectivity index (χ0n) is 14.4. The molecule has 0 heterocycles. The average molecular weight is 329 g/mol. The van der Waals surface area contributed by atoms with Gasteiger partial charge in [0.1, 0.15) is 0 Å². The third kappa shape index (κ3) is 2.34. The molecule has 0 amide bonds. The van der Waals surface area contributed by atoms with E-state index in [1.54, 1.807) is 11.1 Å². The number of halogens is 1. The zero-order chi connectivity index (χ0) is 16.0. The third-order valence-electron chi connectivity index (χ3n) is 7.81. The molecule has 124 valence electrons. The summed E-state index contributed by atoms with van der Waals surface area (Å²) in [5, 5.41) is 2.76. The second-order valence-electron chi connectivity index (χ2n) is 8.52. The van der Waals surface area contributed by atoms with E-state index >= 15 is 0 Å². The molecule has 1 heteroatoms. The van der Waals surface area contributed by atoms with Gasteiger partial charge in [-0.3, -0.25) is 0 Å². The van der Waals surface area contributed by atoms with Crippen LogP contribution in [-0.4, -0.2) is 0 Å². The maximum Gasteiger partial charge on any atom is 0.0289 e. The predicted octanol–water partition coefficient (Wildman–Crippen LogP) is 6.32. The Bertz CT molecular complexity index is 589. The van der Waals surface area contributed by atoms with Crippen molar-refractivity contribution in [1.29, 1.82) is 0 Å². The summed E-state index contributed by atoms with van der Waals surface area (Å²) in [6, 6.07) is 0. The van der Waals surface area contributed by atoms with Gasteiger partial charge in [-0.05, 0) is 92.1 Å². The van der Waals surface area contributed by atoms with E-state index in [4.69, 9.17) is 11.6 Å². The molecule has 3 saturated carbocycles. The van der Waals surface area contributed by atoms with Gasteiger partial charge >= 0.3 is 0 Å². The first-order chi connectivity index (χ1) is 11.2. The van der Waals surface area contributed by atoms with Gasteiger partial charge < -0.3 is 0 Å². The van der Waals surface area contributed by atoms with E-state index in [2.05, 4.69) is 30.9 Å². The first-order valence-corrected chi connectivity index (χ1v) is 10.1. The van der Waals surface area contributed by atoms with Crippen molar-refractivity contribution in [2.75, 3.05) is 0 Å². The first-order valence-electron chi connectivity index (χ1n) is 9.68. The van der Waals surface area contributed by atoms with Gasteiger partial charge in [-0.25, -0.2) is 0 Å². The van der Waals surface area contributed by atoms with Crippen LogP contribution in [0.4, 0.5) is 0 Å². The number of rotatable bonds is 1. The Kier molecular flexibility index (Phi) is 4.13.